The molecule has 3 rings (SSSR count). The monoisotopic (exact) mass is 461 g/mol. The Bertz CT molecular complexity index is 1010. The fourth-order valence-electron chi connectivity index (χ4n) is 3.14. The van der Waals surface area contributed by atoms with E-state index in [1.165, 1.54) is 14.2 Å². The fraction of sp³-hybridized carbons (Fsp3) is 0.200. The van der Waals surface area contributed by atoms with Crippen molar-refractivity contribution in [3.05, 3.63) is 57.7 Å². The molecule has 29 heavy (non-hydrogen) atoms. The van der Waals surface area contributed by atoms with Crippen molar-refractivity contribution in [3.8, 4) is 17.2 Å². The summed E-state index contributed by atoms with van der Waals surface area (Å²) in [5.74, 6) is 0.0841. The van der Waals surface area contributed by atoms with Crippen LogP contribution in [0.3, 0.4) is 0 Å². The van der Waals surface area contributed by atoms with Crippen LogP contribution in [-0.2, 0) is 4.79 Å². The number of hydrogen-bond donors (Lipinski definition) is 4. The molecule has 0 fully saturated rings. The number of carbonyl (C=O) groups is 2. The molecule has 3 amide bonds. The third-order valence-electron chi connectivity index (χ3n) is 4.47. The second kappa shape index (κ2) is 8.44. The maximum Gasteiger partial charge on any atom is 0.319 e. The molecular weight excluding hydrogens is 442 g/mol. The van der Waals surface area contributed by atoms with E-state index < -0.39 is 18.0 Å². The fourth-order valence-corrected chi connectivity index (χ4v) is 3.59. The van der Waals surface area contributed by atoms with Crippen LogP contribution < -0.4 is 25.4 Å². The lowest BCUT2D eigenvalue weighted by atomic mass is 9.93. The van der Waals surface area contributed by atoms with Gasteiger partial charge in [0.25, 0.3) is 5.91 Å². The molecule has 4 N–H and O–H groups in total. The Labute approximate surface area is 176 Å². The number of halogens is 1. The number of phenols is 1. The highest BCUT2D eigenvalue weighted by molar-refractivity contribution is 9.10. The van der Waals surface area contributed by atoms with E-state index in [1.54, 1.807) is 43.3 Å². The summed E-state index contributed by atoms with van der Waals surface area (Å²) in [4.78, 5) is 25.2. The molecule has 2 aromatic rings. The predicted octanol–water partition coefficient (Wildman–Crippen LogP) is 3.44. The van der Waals surface area contributed by atoms with E-state index >= 15 is 0 Å². The standard InChI is InChI=1S/C20H20BrN3O5/c1-10-16(19(26)23-13-6-4-5-7-14(13)28-2)17(24-20(27)22-10)12-8-11(21)9-15(29-3)18(12)25/h4-9,17,25H,1-3H3,(H,23,26)(H2,22,24,27)/t17-/m1/s1. The van der Waals surface area contributed by atoms with E-state index in [1.807, 2.05) is 0 Å². The number of rotatable bonds is 5. The van der Waals surface area contributed by atoms with E-state index in [0.29, 0.717) is 27.2 Å². The molecule has 0 bridgehead atoms. The zero-order valence-corrected chi connectivity index (χ0v) is 17.6. The minimum Gasteiger partial charge on any atom is -0.504 e. The van der Waals surface area contributed by atoms with Gasteiger partial charge < -0.3 is 30.5 Å². The van der Waals surface area contributed by atoms with Crippen molar-refractivity contribution >= 4 is 33.6 Å². The van der Waals surface area contributed by atoms with Crippen LogP contribution in [0.1, 0.15) is 18.5 Å². The predicted molar refractivity (Wildman–Crippen MR) is 111 cm³/mol. The smallest absolute Gasteiger partial charge is 0.319 e. The van der Waals surface area contributed by atoms with Crippen LogP contribution in [0.15, 0.2) is 52.1 Å². The molecule has 0 aliphatic carbocycles. The van der Waals surface area contributed by atoms with Gasteiger partial charge in [0.1, 0.15) is 5.75 Å². The van der Waals surface area contributed by atoms with Crippen molar-refractivity contribution in [3.63, 3.8) is 0 Å². The highest BCUT2D eigenvalue weighted by Gasteiger charge is 2.34. The van der Waals surface area contributed by atoms with Gasteiger partial charge in [0.05, 0.1) is 31.5 Å². The summed E-state index contributed by atoms with van der Waals surface area (Å²) in [7, 11) is 2.93. The topological polar surface area (TPSA) is 109 Å². The van der Waals surface area contributed by atoms with Gasteiger partial charge in [0, 0.05) is 15.7 Å². The summed E-state index contributed by atoms with van der Waals surface area (Å²) >= 11 is 3.36. The molecule has 1 atom stereocenters. The summed E-state index contributed by atoms with van der Waals surface area (Å²) in [5.41, 5.74) is 1.40. The Morgan fingerprint density at radius 1 is 1.17 bits per heavy atom. The number of ether oxygens (including phenoxy) is 2. The molecule has 1 aliphatic rings. The SMILES string of the molecule is COc1ccccc1NC(=O)C1=C(C)NC(=O)N[C@@H]1c1cc(Br)cc(OC)c1O. The van der Waals surface area contributed by atoms with Crippen molar-refractivity contribution in [2.45, 2.75) is 13.0 Å². The molecule has 0 saturated carbocycles. The molecule has 9 heteroatoms. The number of urea groups is 1. The highest BCUT2D eigenvalue weighted by Crippen LogP contribution is 2.40. The number of para-hydroxylation sites is 2. The first-order valence-corrected chi connectivity index (χ1v) is 9.44. The second-order valence-corrected chi connectivity index (χ2v) is 7.19. The molecular formula is C20H20BrN3O5. The number of hydrogen-bond acceptors (Lipinski definition) is 5. The first-order chi connectivity index (χ1) is 13.8. The summed E-state index contributed by atoms with van der Waals surface area (Å²) < 4.78 is 11.1. The second-order valence-electron chi connectivity index (χ2n) is 6.27. The number of carbonyl (C=O) groups excluding carboxylic acids is 2. The van der Waals surface area contributed by atoms with Gasteiger partial charge in [-0.15, -0.1) is 0 Å². The normalized spacial score (nSPS) is 16.0. The van der Waals surface area contributed by atoms with Gasteiger partial charge >= 0.3 is 6.03 Å². The van der Waals surface area contributed by atoms with Gasteiger partial charge in [-0.3, -0.25) is 4.79 Å². The number of amides is 3. The Morgan fingerprint density at radius 2 is 1.86 bits per heavy atom. The van der Waals surface area contributed by atoms with E-state index in [0.717, 1.165) is 0 Å². The van der Waals surface area contributed by atoms with Crippen LogP contribution in [-0.4, -0.2) is 31.3 Å². The van der Waals surface area contributed by atoms with E-state index in [-0.39, 0.29) is 17.1 Å². The minimum absolute atomic E-state index is 0.168. The van der Waals surface area contributed by atoms with Gasteiger partial charge in [-0.05, 0) is 31.2 Å². The largest absolute Gasteiger partial charge is 0.504 e. The molecule has 1 aliphatic heterocycles. The summed E-state index contributed by atoms with van der Waals surface area (Å²) in [5, 5.41) is 18.7. The van der Waals surface area contributed by atoms with E-state index in [4.69, 9.17) is 9.47 Å². The number of aromatic hydroxyl groups is 1. The number of phenolic OH excluding ortho intramolecular Hbond substituents is 1. The van der Waals surface area contributed by atoms with Crippen LogP contribution in [0.25, 0.3) is 0 Å². The minimum atomic E-state index is -0.898. The van der Waals surface area contributed by atoms with Crippen molar-refractivity contribution in [1.82, 2.24) is 10.6 Å². The van der Waals surface area contributed by atoms with E-state index in [9.17, 15) is 14.7 Å². The molecule has 0 spiro atoms. The summed E-state index contributed by atoms with van der Waals surface area (Å²) in [6.07, 6.45) is 0. The quantitative estimate of drug-likeness (QED) is 0.545. The van der Waals surface area contributed by atoms with Crippen molar-refractivity contribution in [2.24, 2.45) is 0 Å². The Morgan fingerprint density at radius 3 is 2.55 bits per heavy atom. The summed E-state index contributed by atoms with van der Waals surface area (Å²) in [6, 6.07) is 8.81. The number of allylic oxidation sites excluding steroid dienone is 1. The van der Waals surface area contributed by atoms with Crippen LogP contribution in [0.4, 0.5) is 10.5 Å². The molecule has 0 unspecified atom stereocenters. The highest BCUT2D eigenvalue weighted by atomic mass is 79.9. The van der Waals surface area contributed by atoms with Crippen molar-refractivity contribution in [1.29, 1.82) is 0 Å². The Balaban J connectivity index is 2.05. The lowest BCUT2D eigenvalue weighted by Gasteiger charge is -2.29. The molecule has 0 radical (unpaired) electrons. The first-order valence-electron chi connectivity index (χ1n) is 8.64. The van der Waals surface area contributed by atoms with Crippen molar-refractivity contribution in [2.75, 3.05) is 19.5 Å². The molecule has 0 saturated heterocycles. The molecule has 2 aromatic carbocycles. The van der Waals surface area contributed by atoms with Gasteiger partial charge in [0.2, 0.25) is 0 Å². The average Bonchev–Trinajstić information content (AvgIpc) is 2.69. The zero-order chi connectivity index (χ0) is 21.1. The van der Waals surface area contributed by atoms with Crippen LogP contribution >= 0.6 is 15.9 Å². The van der Waals surface area contributed by atoms with Gasteiger partial charge in [-0.1, -0.05) is 28.1 Å². The van der Waals surface area contributed by atoms with E-state index in [2.05, 4.69) is 31.9 Å². The maximum atomic E-state index is 13.1. The summed E-state index contributed by atoms with van der Waals surface area (Å²) in [6.45, 7) is 1.62. The number of benzene rings is 2. The third-order valence-corrected chi connectivity index (χ3v) is 4.93. The van der Waals surface area contributed by atoms with Gasteiger partial charge in [-0.25, -0.2) is 4.79 Å². The molecule has 152 valence electrons. The number of nitrogens with one attached hydrogen (secondary N) is 3. The average molecular weight is 462 g/mol. The van der Waals surface area contributed by atoms with Crippen LogP contribution in [0.2, 0.25) is 0 Å². The van der Waals surface area contributed by atoms with Crippen LogP contribution in [0.5, 0.6) is 17.2 Å². The molecule has 8 nitrogen and oxygen atoms in total. The zero-order valence-electron chi connectivity index (χ0n) is 16.0. The first kappa shape index (κ1) is 20.5. The number of methoxy groups -OCH3 is 2. The number of anilines is 1. The Hall–Kier alpha value is -3.20. The lowest BCUT2D eigenvalue weighted by molar-refractivity contribution is -0.113. The van der Waals surface area contributed by atoms with Crippen LogP contribution in [0, 0.1) is 0 Å². The lowest BCUT2D eigenvalue weighted by Crippen LogP contribution is -2.46. The Kier molecular flexibility index (Phi) is 5.97. The molecule has 0 aromatic heterocycles. The third kappa shape index (κ3) is 4.14. The van der Waals surface area contributed by atoms with Crippen molar-refractivity contribution < 1.29 is 24.2 Å². The van der Waals surface area contributed by atoms with Gasteiger partial charge in [0.15, 0.2) is 11.5 Å². The van der Waals surface area contributed by atoms with Gasteiger partial charge in [-0.2, -0.15) is 0 Å². The maximum absolute atomic E-state index is 13.1. The molecule has 1 heterocycles.